The van der Waals surface area contributed by atoms with Crippen LogP contribution < -0.4 is 37.3 Å². The summed E-state index contributed by atoms with van der Waals surface area (Å²) in [6, 6.07) is 0. The molecule has 0 bridgehead atoms. The molecule has 4 aromatic heterocycles. The van der Waals surface area contributed by atoms with Crippen molar-refractivity contribution in [1.29, 1.82) is 0 Å². The monoisotopic (exact) mass is 674 g/mol. The summed E-state index contributed by atoms with van der Waals surface area (Å²) in [5.41, 5.74) is 0. The van der Waals surface area contributed by atoms with Crippen molar-refractivity contribution in [1.82, 2.24) is 39.9 Å². The van der Waals surface area contributed by atoms with Gasteiger partial charge in [0.2, 0.25) is 0 Å². The molecule has 16 nitrogen and oxygen atoms in total. The molecule has 0 saturated heterocycles. The molecule has 0 saturated carbocycles. The molecule has 4 N–H and O–H groups in total. The van der Waals surface area contributed by atoms with Gasteiger partial charge in [-0.15, -0.1) is 20.5 Å². The van der Waals surface area contributed by atoms with Crippen LogP contribution in [0.2, 0.25) is 0 Å². The van der Waals surface area contributed by atoms with Crippen molar-refractivity contribution in [2.24, 2.45) is 0 Å². The Morgan fingerprint density at radius 1 is 0.452 bits per heavy atom. The largest absolute Gasteiger partial charge is 2.00 e. The van der Waals surface area contributed by atoms with E-state index < -0.39 is 20.5 Å². The van der Waals surface area contributed by atoms with E-state index in [1.807, 2.05) is 0 Å². The zero-order valence-corrected chi connectivity index (χ0v) is 20.3. The van der Waals surface area contributed by atoms with Gasteiger partial charge in [0.25, 0.3) is 0 Å². The molecule has 31 heavy (non-hydrogen) atoms. The van der Waals surface area contributed by atoms with E-state index in [-0.39, 0.29) is 27.3 Å². The number of halogens is 2. The SMILES string of the molecule is [O-][Cl+3]([O-])([O-])[O-].[O-][Cl+3]([O-])([O-])[O-].[Pb+2].c1c[nH]c(-c2ncc[nH]2)n1.c1c[nH]c(-c2ncc[nH]2)n1. The smallest absolute Gasteiger partial charge is 0.342 e. The van der Waals surface area contributed by atoms with Crippen LogP contribution in [0.25, 0.3) is 23.3 Å². The van der Waals surface area contributed by atoms with E-state index in [0.29, 0.717) is 0 Å². The first-order chi connectivity index (χ1) is 13.9. The average Bonchev–Trinajstić information content (AvgIpc) is 3.43. The van der Waals surface area contributed by atoms with Crippen molar-refractivity contribution in [3.63, 3.8) is 0 Å². The molecule has 0 unspecified atom stereocenters. The van der Waals surface area contributed by atoms with Crippen LogP contribution in [-0.2, 0) is 0 Å². The van der Waals surface area contributed by atoms with Gasteiger partial charge < -0.3 is 19.9 Å². The number of rotatable bonds is 2. The maximum Gasteiger partial charge on any atom is 2.00 e. The second-order valence-electron chi connectivity index (χ2n) is 4.51. The first kappa shape index (κ1) is 29.0. The van der Waals surface area contributed by atoms with Crippen molar-refractivity contribution in [2.75, 3.05) is 0 Å². The molecule has 2 radical (unpaired) electrons. The summed E-state index contributed by atoms with van der Waals surface area (Å²) in [7, 11) is -9.89. The number of aromatic amines is 4. The molecule has 0 atom stereocenters. The zero-order chi connectivity index (χ0) is 22.6. The van der Waals surface area contributed by atoms with Crippen LogP contribution >= 0.6 is 0 Å². The van der Waals surface area contributed by atoms with Gasteiger partial charge >= 0.3 is 27.3 Å². The van der Waals surface area contributed by atoms with E-state index in [9.17, 15) is 0 Å². The van der Waals surface area contributed by atoms with Gasteiger partial charge in [0, 0.05) is 49.6 Å². The van der Waals surface area contributed by atoms with E-state index in [1.165, 1.54) is 0 Å². The first-order valence-corrected chi connectivity index (χ1v) is 9.62. The van der Waals surface area contributed by atoms with Crippen LogP contribution in [0.3, 0.4) is 0 Å². The quantitative estimate of drug-likeness (QED) is 0.144. The predicted molar refractivity (Wildman–Crippen MR) is 78.1 cm³/mol. The Hall–Kier alpha value is -1.98. The topological polar surface area (TPSA) is 299 Å². The molecule has 0 aliphatic rings. The molecule has 0 amide bonds. The Bertz CT molecular complexity index is 743. The van der Waals surface area contributed by atoms with Crippen molar-refractivity contribution >= 4 is 27.3 Å². The number of imidazole rings is 4. The number of nitrogens with zero attached hydrogens (tertiary/aromatic N) is 4. The molecule has 4 heterocycles. The van der Waals surface area contributed by atoms with Crippen LogP contribution in [-0.4, -0.2) is 67.2 Å². The first-order valence-electron chi connectivity index (χ1n) is 7.15. The minimum absolute atomic E-state index is 0. The third kappa shape index (κ3) is 16.4. The second-order valence-corrected chi connectivity index (χ2v) is 6.02. The number of aromatic nitrogens is 8. The third-order valence-corrected chi connectivity index (χ3v) is 2.44. The zero-order valence-electron chi connectivity index (χ0n) is 14.9. The van der Waals surface area contributed by atoms with Gasteiger partial charge in [-0.3, -0.25) is 0 Å². The van der Waals surface area contributed by atoms with E-state index in [2.05, 4.69) is 39.9 Å². The van der Waals surface area contributed by atoms with Gasteiger partial charge in [0.1, 0.15) is 0 Å². The number of hydrogen-bond donors (Lipinski definition) is 4. The molecule has 4 rings (SSSR count). The molecule has 4 aromatic rings. The Balaban J connectivity index is 0.000000407. The molecule has 0 aliphatic heterocycles. The number of nitrogens with one attached hydrogen (secondary N) is 4. The molecule has 0 spiro atoms. The Morgan fingerprint density at radius 2 is 0.613 bits per heavy atom. The average molecular weight is 674 g/mol. The summed E-state index contributed by atoms with van der Waals surface area (Å²) < 4.78 is 67.9. The summed E-state index contributed by atoms with van der Waals surface area (Å²) in [5, 5.41) is 0. The maximum absolute atomic E-state index is 8.49. The maximum atomic E-state index is 8.49. The van der Waals surface area contributed by atoms with E-state index in [0.717, 1.165) is 23.3 Å². The van der Waals surface area contributed by atoms with Crippen LogP contribution in [0.4, 0.5) is 0 Å². The van der Waals surface area contributed by atoms with Gasteiger partial charge in [0.05, 0.1) is 0 Å². The van der Waals surface area contributed by atoms with Gasteiger partial charge in [-0.25, -0.2) is 57.2 Å². The van der Waals surface area contributed by atoms with Crippen LogP contribution in [0, 0.1) is 20.5 Å². The summed E-state index contributed by atoms with van der Waals surface area (Å²) in [5.74, 6) is 3.07. The fourth-order valence-corrected chi connectivity index (χ4v) is 1.58. The minimum atomic E-state index is -4.94. The minimum Gasteiger partial charge on any atom is -0.342 e. The number of hydrogen-bond acceptors (Lipinski definition) is 12. The van der Waals surface area contributed by atoms with Gasteiger partial charge in [-0.1, -0.05) is 0 Å². The second kappa shape index (κ2) is 14.2. The summed E-state index contributed by atoms with van der Waals surface area (Å²) in [6.45, 7) is 0. The standard InChI is InChI=1S/2C6H6N4.2ClHO4.Pb/c2*1-2-8-5(7-1)6-9-3-4-10-6;2*2-1(3,4)5;/h2*1-4H,(H,7,8)(H,9,10);2*(H,2,3,4,5);/q;;;;+2/p-2. The van der Waals surface area contributed by atoms with E-state index in [4.69, 9.17) is 37.3 Å². The van der Waals surface area contributed by atoms with Gasteiger partial charge in [0.15, 0.2) is 23.3 Å². The molecule has 0 aromatic carbocycles. The molecule has 166 valence electrons. The van der Waals surface area contributed by atoms with Gasteiger partial charge in [-0.2, -0.15) is 0 Å². The van der Waals surface area contributed by atoms with Crippen LogP contribution in [0.5, 0.6) is 0 Å². The molecular formula is C12H12Cl2N8O8Pb. The molecular weight excluding hydrogens is 662 g/mol. The van der Waals surface area contributed by atoms with Crippen molar-refractivity contribution in [3.05, 3.63) is 49.6 Å². The fraction of sp³-hybridized carbons (Fsp3) is 0. The van der Waals surface area contributed by atoms with Crippen molar-refractivity contribution < 1.29 is 57.8 Å². The summed E-state index contributed by atoms with van der Waals surface area (Å²) >= 11 is 0. The number of H-pyrrole nitrogens is 4. The molecule has 19 heteroatoms. The fourth-order valence-electron chi connectivity index (χ4n) is 1.58. The van der Waals surface area contributed by atoms with E-state index >= 15 is 0 Å². The third-order valence-electron chi connectivity index (χ3n) is 2.44. The molecule has 0 fully saturated rings. The van der Waals surface area contributed by atoms with Gasteiger partial charge in [-0.05, 0) is 0 Å². The van der Waals surface area contributed by atoms with E-state index in [1.54, 1.807) is 49.6 Å². The van der Waals surface area contributed by atoms with Crippen LogP contribution in [0.15, 0.2) is 49.6 Å². The van der Waals surface area contributed by atoms with Crippen molar-refractivity contribution in [2.45, 2.75) is 0 Å². The molecule has 0 aliphatic carbocycles. The summed E-state index contributed by atoms with van der Waals surface area (Å²) in [4.78, 5) is 27.8. The predicted octanol–water partition coefficient (Wildman–Crippen LogP) is -8.29. The Kier molecular flexibility index (Phi) is 13.3. The Labute approximate surface area is 197 Å². The van der Waals surface area contributed by atoms with Crippen LogP contribution in [0.1, 0.15) is 0 Å². The van der Waals surface area contributed by atoms with Crippen molar-refractivity contribution in [3.8, 4) is 23.3 Å². The Morgan fingerprint density at radius 3 is 0.710 bits per heavy atom. The summed E-state index contributed by atoms with van der Waals surface area (Å²) in [6.07, 6.45) is 13.8. The normalized spacial score (nSPS) is 10.3.